The van der Waals surface area contributed by atoms with Crippen LogP contribution in [0.5, 0.6) is 5.75 Å². The molecule has 2 heterocycles. The van der Waals surface area contributed by atoms with E-state index in [-0.39, 0.29) is 11.8 Å². The van der Waals surface area contributed by atoms with E-state index in [1.165, 1.54) is 12.8 Å². The molecule has 0 aliphatic carbocycles. The number of hydrogen-bond acceptors (Lipinski definition) is 4. The number of pyridine rings is 1. The first-order valence-electron chi connectivity index (χ1n) is 8.91. The smallest absolute Gasteiger partial charge is 0.222 e. The minimum atomic E-state index is 0.0524. The van der Waals surface area contributed by atoms with Crippen molar-refractivity contribution in [2.24, 2.45) is 11.8 Å². The Labute approximate surface area is 145 Å². The Morgan fingerprint density at radius 3 is 2.88 bits per heavy atom. The van der Waals surface area contributed by atoms with Crippen molar-refractivity contribution in [3.63, 3.8) is 0 Å². The molecule has 1 amide bonds. The van der Waals surface area contributed by atoms with Crippen LogP contribution in [0.1, 0.15) is 43.5 Å². The van der Waals surface area contributed by atoms with Crippen LogP contribution in [-0.4, -0.2) is 42.5 Å². The second kappa shape index (κ2) is 8.47. The Morgan fingerprint density at radius 2 is 2.21 bits per heavy atom. The lowest BCUT2D eigenvalue weighted by molar-refractivity contribution is -0.124. The largest absolute Gasteiger partial charge is 0.496 e. The van der Waals surface area contributed by atoms with E-state index in [0.717, 1.165) is 48.7 Å². The van der Waals surface area contributed by atoms with Gasteiger partial charge < -0.3 is 10.1 Å². The molecule has 24 heavy (non-hydrogen) atoms. The van der Waals surface area contributed by atoms with Gasteiger partial charge in [-0.2, -0.15) is 0 Å². The van der Waals surface area contributed by atoms with Gasteiger partial charge in [-0.3, -0.25) is 14.7 Å². The zero-order chi connectivity index (χ0) is 17.7. The second-order valence-corrected chi connectivity index (χ2v) is 7.19. The molecule has 1 fully saturated rings. The third-order valence-electron chi connectivity index (χ3n) is 4.82. The summed E-state index contributed by atoms with van der Waals surface area (Å²) in [6.07, 6.45) is 4.24. The predicted octanol–water partition coefficient (Wildman–Crippen LogP) is 2.69. The van der Waals surface area contributed by atoms with Gasteiger partial charge in [-0.05, 0) is 39.2 Å². The normalized spacial score (nSPS) is 18.7. The minimum absolute atomic E-state index is 0.0524. The first kappa shape index (κ1) is 18.7. The molecule has 1 aromatic rings. The van der Waals surface area contributed by atoms with Crippen molar-refractivity contribution in [3.8, 4) is 5.75 Å². The van der Waals surface area contributed by atoms with Crippen molar-refractivity contribution >= 4 is 5.91 Å². The van der Waals surface area contributed by atoms with E-state index in [0.29, 0.717) is 5.92 Å². The van der Waals surface area contributed by atoms with Crippen LogP contribution in [-0.2, 0) is 11.3 Å². The fraction of sp³-hybridized carbons (Fsp3) is 0.684. The average Bonchev–Trinajstić information content (AvgIpc) is 2.56. The van der Waals surface area contributed by atoms with Crippen LogP contribution >= 0.6 is 0 Å². The molecule has 0 saturated carbocycles. The van der Waals surface area contributed by atoms with Gasteiger partial charge >= 0.3 is 0 Å². The summed E-state index contributed by atoms with van der Waals surface area (Å²) in [5, 5.41) is 3.07. The maximum atomic E-state index is 11.8. The van der Waals surface area contributed by atoms with E-state index in [9.17, 15) is 4.79 Å². The summed E-state index contributed by atoms with van der Waals surface area (Å²) in [6.45, 7) is 11.7. The molecule has 1 saturated heterocycles. The average molecular weight is 333 g/mol. The van der Waals surface area contributed by atoms with Crippen molar-refractivity contribution in [3.05, 3.63) is 23.0 Å². The van der Waals surface area contributed by atoms with Gasteiger partial charge in [0.15, 0.2) is 0 Å². The Balaban J connectivity index is 1.95. The highest BCUT2D eigenvalue weighted by Crippen LogP contribution is 2.26. The lowest BCUT2D eigenvalue weighted by Crippen LogP contribution is -2.41. The summed E-state index contributed by atoms with van der Waals surface area (Å²) in [5.74, 6) is 1.66. The van der Waals surface area contributed by atoms with Crippen LogP contribution in [0.2, 0.25) is 0 Å². The molecule has 1 aliphatic rings. The third-order valence-corrected chi connectivity index (χ3v) is 4.82. The van der Waals surface area contributed by atoms with E-state index in [1.54, 1.807) is 7.11 Å². The fourth-order valence-corrected chi connectivity index (χ4v) is 3.35. The number of piperidine rings is 1. The molecule has 1 atom stereocenters. The van der Waals surface area contributed by atoms with Crippen LogP contribution in [0.4, 0.5) is 0 Å². The summed E-state index contributed by atoms with van der Waals surface area (Å²) >= 11 is 0. The third kappa shape index (κ3) is 4.69. The van der Waals surface area contributed by atoms with E-state index in [1.807, 2.05) is 27.0 Å². The number of likely N-dealkylation sites (tertiary alicyclic amines) is 1. The number of rotatable bonds is 6. The standard InChI is InChI=1S/C19H31N3O2/c1-13(2)19(23)21-10-16-7-6-8-22(11-16)12-17-15(4)18(24-5)14(3)9-20-17/h9,13,16H,6-8,10-12H2,1-5H3,(H,21,23). The summed E-state index contributed by atoms with van der Waals surface area (Å²) < 4.78 is 5.51. The molecule has 0 spiro atoms. The van der Waals surface area contributed by atoms with Gasteiger partial charge in [0.05, 0.1) is 12.8 Å². The van der Waals surface area contributed by atoms with Gasteiger partial charge in [-0.25, -0.2) is 0 Å². The maximum absolute atomic E-state index is 11.8. The zero-order valence-electron chi connectivity index (χ0n) is 15.7. The molecule has 1 unspecified atom stereocenters. The van der Waals surface area contributed by atoms with Gasteiger partial charge in [0, 0.05) is 42.9 Å². The molecule has 2 rings (SSSR count). The van der Waals surface area contributed by atoms with E-state index in [4.69, 9.17) is 4.74 Å². The van der Waals surface area contributed by atoms with Crippen molar-refractivity contribution in [2.75, 3.05) is 26.7 Å². The molecular formula is C19H31N3O2. The van der Waals surface area contributed by atoms with Gasteiger partial charge in [0.25, 0.3) is 0 Å². The molecular weight excluding hydrogens is 302 g/mol. The highest BCUT2D eigenvalue weighted by molar-refractivity contribution is 5.77. The molecule has 5 heteroatoms. The van der Waals surface area contributed by atoms with Crippen LogP contribution in [0.15, 0.2) is 6.20 Å². The number of hydrogen-bond donors (Lipinski definition) is 1. The van der Waals surface area contributed by atoms with Gasteiger partial charge in [0.1, 0.15) is 5.75 Å². The molecule has 0 aromatic carbocycles. The maximum Gasteiger partial charge on any atom is 0.222 e. The summed E-state index contributed by atoms with van der Waals surface area (Å²) in [6, 6.07) is 0. The Kier molecular flexibility index (Phi) is 6.60. The van der Waals surface area contributed by atoms with Crippen LogP contribution in [0.25, 0.3) is 0 Å². The molecule has 134 valence electrons. The van der Waals surface area contributed by atoms with E-state index < -0.39 is 0 Å². The highest BCUT2D eigenvalue weighted by atomic mass is 16.5. The monoisotopic (exact) mass is 333 g/mol. The SMILES string of the molecule is COc1c(C)cnc(CN2CCCC(CNC(=O)C(C)C)C2)c1C. The van der Waals surface area contributed by atoms with Crippen molar-refractivity contribution in [1.29, 1.82) is 0 Å². The lowest BCUT2D eigenvalue weighted by atomic mass is 9.97. The summed E-state index contributed by atoms with van der Waals surface area (Å²) in [5.41, 5.74) is 3.30. The van der Waals surface area contributed by atoms with Crippen molar-refractivity contribution < 1.29 is 9.53 Å². The number of amides is 1. The lowest BCUT2D eigenvalue weighted by Gasteiger charge is -2.33. The summed E-state index contributed by atoms with van der Waals surface area (Å²) in [7, 11) is 1.72. The Morgan fingerprint density at radius 1 is 1.46 bits per heavy atom. The summed E-state index contributed by atoms with van der Waals surface area (Å²) in [4.78, 5) is 18.8. The van der Waals surface area contributed by atoms with Crippen LogP contribution < -0.4 is 10.1 Å². The fourth-order valence-electron chi connectivity index (χ4n) is 3.35. The minimum Gasteiger partial charge on any atom is -0.496 e. The van der Waals surface area contributed by atoms with Gasteiger partial charge in [-0.15, -0.1) is 0 Å². The zero-order valence-corrected chi connectivity index (χ0v) is 15.7. The highest BCUT2D eigenvalue weighted by Gasteiger charge is 2.22. The number of carbonyl (C=O) groups is 1. The van der Waals surface area contributed by atoms with E-state index >= 15 is 0 Å². The number of aryl methyl sites for hydroxylation is 1. The number of methoxy groups -OCH3 is 1. The topological polar surface area (TPSA) is 54.5 Å². The van der Waals surface area contributed by atoms with E-state index in [2.05, 4.69) is 22.1 Å². The Bertz CT molecular complexity index is 572. The van der Waals surface area contributed by atoms with Crippen molar-refractivity contribution in [1.82, 2.24) is 15.2 Å². The molecule has 1 N–H and O–H groups in total. The molecule has 5 nitrogen and oxygen atoms in total. The predicted molar refractivity (Wildman–Crippen MR) is 96.1 cm³/mol. The second-order valence-electron chi connectivity index (χ2n) is 7.19. The first-order valence-corrected chi connectivity index (χ1v) is 8.91. The number of aromatic nitrogens is 1. The molecule has 0 radical (unpaired) electrons. The molecule has 1 aromatic heterocycles. The van der Waals surface area contributed by atoms with Crippen molar-refractivity contribution in [2.45, 2.75) is 47.1 Å². The number of carbonyl (C=O) groups excluding carboxylic acids is 1. The molecule has 1 aliphatic heterocycles. The number of ether oxygens (including phenoxy) is 1. The first-order chi connectivity index (χ1) is 11.4. The van der Waals surface area contributed by atoms with Crippen LogP contribution in [0.3, 0.4) is 0 Å². The van der Waals surface area contributed by atoms with Gasteiger partial charge in [-0.1, -0.05) is 13.8 Å². The molecule has 0 bridgehead atoms. The van der Waals surface area contributed by atoms with Gasteiger partial charge in [0.2, 0.25) is 5.91 Å². The quantitative estimate of drug-likeness (QED) is 0.870. The number of nitrogens with zero attached hydrogens (tertiary/aromatic N) is 2. The number of nitrogens with one attached hydrogen (secondary N) is 1. The Hall–Kier alpha value is -1.62. The van der Waals surface area contributed by atoms with Crippen LogP contribution in [0, 0.1) is 25.7 Å².